The summed E-state index contributed by atoms with van der Waals surface area (Å²) in [5.74, 6) is -4.13. The van der Waals surface area contributed by atoms with Crippen LogP contribution in [-0.2, 0) is 4.79 Å². The highest BCUT2D eigenvalue weighted by molar-refractivity contribution is 5.82. The number of rotatable bonds is 7. The number of halogens is 6. The zero-order valence-electron chi connectivity index (χ0n) is 24.4. The third-order valence-corrected chi connectivity index (χ3v) is 11.0. The number of hydrogen-bond acceptors (Lipinski definition) is 3. The topological polar surface area (TPSA) is 47.3 Å². The van der Waals surface area contributed by atoms with Gasteiger partial charge in [-0.05, 0) is 82.0 Å². The van der Waals surface area contributed by atoms with Gasteiger partial charge in [-0.15, -0.1) is 0 Å². The summed E-state index contributed by atoms with van der Waals surface area (Å²) in [6, 6.07) is 2.33. The fourth-order valence-corrected chi connectivity index (χ4v) is 8.49. The van der Waals surface area contributed by atoms with Crippen LogP contribution in [0.15, 0.2) is 0 Å². The lowest BCUT2D eigenvalue weighted by atomic mass is 9.64. The summed E-state index contributed by atoms with van der Waals surface area (Å²) in [7, 11) is 1.65. The zero-order valence-corrected chi connectivity index (χ0v) is 24.4. The van der Waals surface area contributed by atoms with Crippen LogP contribution in [0, 0.1) is 46.3 Å². The Bertz CT molecular complexity index is 873. The normalized spacial score (nSPS) is 30.0. The SMILES string of the molecule is CN(CCC1CC(C(F)(F)F)CC(C(F)(F)F)C1)C(=O)C(C1CCCCC1)N1CCC(C#N)(C2CCCCC2)CC1. The monoisotopic (exact) mass is 591 g/mol. The lowest BCUT2D eigenvalue weighted by Crippen LogP contribution is -2.56. The Hall–Kier alpha value is -1.50. The van der Waals surface area contributed by atoms with Gasteiger partial charge in [-0.25, -0.2) is 0 Å². The quantitative estimate of drug-likeness (QED) is 0.281. The number of hydrogen-bond donors (Lipinski definition) is 0. The molecule has 1 saturated heterocycles. The van der Waals surface area contributed by atoms with E-state index in [0.717, 1.165) is 57.8 Å². The molecule has 1 heterocycles. The van der Waals surface area contributed by atoms with Crippen molar-refractivity contribution in [2.45, 2.75) is 121 Å². The van der Waals surface area contributed by atoms with Crippen LogP contribution in [-0.4, -0.2) is 60.8 Å². The van der Waals surface area contributed by atoms with Crippen LogP contribution in [0.5, 0.6) is 0 Å². The second-order valence-electron chi connectivity index (χ2n) is 13.6. The number of nitriles is 1. The number of likely N-dealkylation sites (N-methyl/N-ethyl adjacent to an activating group) is 1. The molecular weight excluding hydrogens is 544 g/mol. The van der Waals surface area contributed by atoms with Crippen LogP contribution in [0.2, 0.25) is 0 Å². The molecule has 4 fully saturated rings. The molecule has 41 heavy (non-hydrogen) atoms. The van der Waals surface area contributed by atoms with Crippen molar-refractivity contribution >= 4 is 5.91 Å². The number of carbonyl (C=O) groups excluding carboxylic acids is 1. The Labute approximate surface area is 241 Å². The van der Waals surface area contributed by atoms with Crippen LogP contribution in [0.4, 0.5) is 26.3 Å². The molecular formula is C31H47F6N3O. The minimum Gasteiger partial charge on any atom is -0.344 e. The Morgan fingerprint density at radius 1 is 0.878 bits per heavy atom. The van der Waals surface area contributed by atoms with E-state index in [1.807, 2.05) is 0 Å². The number of carbonyl (C=O) groups is 1. The number of nitrogens with zero attached hydrogens (tertiary/aromatic N) is 3. The van der Waals surface area contributed by atoms with Gasteiger partial charge in [-0.1, -0.05) is 38.5 Å². The molecule has 4 aliphatic rings. The summed E-state index contributed by atoms with van der Waals surface area (Å²) >= 11 is 0. The molecule has 0 N–H and O–H groups in total. The molecule has 3 aliphatic carbocycles. The maximum absolute atomic E-state index is 14.0. The first-order valence-corrected chi connectivity index (χ1v) is 15.9. The molecule has 0 spiro atoms. The molecule has 0 aromatic rings. The summed E-state index contributed by atoms with van der Waals surface area (Å²) in [4.78, 5) is 17.8. The lowest BCUT2D eigenvalue weighted by Gasteiger charge is -2.47. The second-order valence-corrected chi connectivity index (χ2v) is 13.6. The highest BCUT2D eigenvalue weighted by Gasteiger charge is 2.52. The Kier molecular flexibility index (Phi) is 10.6. The van der Waals surface area contributed by atoms with Gasteiger partial charge in [0.25, 0.3) is 0 Å². The average molecular weight is 592 g/mol. The van der Waals surface area contributed by atoms with Gasteiger partial charge in [0.15, 0.2) is 0 Å². The summed E-state index contributed by atoms with van der Waals surface area (Å²) in [6.45, 7) is 1.50. The molecule has 10 heteroatoms. The molecule has 1 aliphatic heterocycles. The molecule has 3 unspecified atom stereocenters. The first kappa shape index (κ1) is 32.4. The van der Waals surface area contributed by atoms with Gasteiger partial charge in [0.05, 0.1) is 29.4 Å². The van der Waals surface area contributed by atoms with Crippen molar-refractivity contribution in [3.8, 4) is 6.07 Å². The molecule has 0 radical (unpaired) electrons. The fourth-order valence-electron chi connectivity index (χ4n) is 8.49. The van der Waals surface area contributed by atoms with Crippen LogP contribution < -0.4 is 0 Å². The number of piperidine rings is 1. The van der Waals surface area contributed by atoms with Crippen LogP contribution in [0.3, 0.4) is 0 Å². The Morgan fingerprint density at radius 2 is 1.39 bits per heavy atom. The van der Waals surface area contributed by atoms with Crippen LogP contribution >= 0.6 is 0 Å². The van der Waals surface area contributed by atoms with Crippen molar-refractivity contribution in [2.75, 3.05) is 26.7 Å². The van der Waals surface area contributed by atoms with Gasteiger partial charge < -0.3 is 4.90 Å². The summed E-state index contributed by atoms with van der Waals surface area (Å²) in [5, 5.41) is 10.2. The molecule has 3 saturated carbocycles. The van der Waals surface area contributed by atoms with Crippen molar-refractivity contribution in [2.24, 2.45) is 35.0 Å². The van der Waals surface area contributed by atoms with Crippen molar-refractivity contribution in [1.82, 2.24) is 9.80 Å². The van der Waals surface area contributed by atoms with E-state index < -0.39 is 36.5 Å². The first-order chi connectivity index (χ1) is 19.3. The van der Waals surface area contributed by atoms with Crippen LogP contribution in [0.25, 0.3) is 0 Å². The smallest absolute Gasteiger partial charge is 0.344 e. The fraction of sp³-hybridized carbons (Fsp3) is 0.935. The Balaban J connectivity index is 1.41. The summed E-state index contributed by atoms with van der Waals surface area (Å²) in [6.07, 6.45) is 1.65. The maximum Gasteiger partial charge on any atom is 0.391 e. The molecule has 3 atom stereocenters. The van der Waals surface area contributed by atoms with Crippen molar-refractivity contribution < 1.29 is 31.1 Å². The van der Waals surface area contributed by atoms with Gasteiger partial charge in [0, 0.05) is 26.7 Å². The van der Waals surface area contributed by atoms with Gasteiger partial charge >= 0.3 is 12.4 Å². The van der Waals surface area contributed by atoms with E-state index in [2.05, 4.69) is 11.0 Å². The van der Waals surface area contributed by atoms with E-state index in [1.54, 1.807) is 11.9 Å². The van der Waals surface area contributed by atoms with Crippen LogP contribution in [0.1, 0.15) is 103 Å². The molecule has 0 bridgehead atoms. The van der Waals surface area contributed by atoms with Gasteiger partial charge in [-0.3, -0.25) is 9.69 Å². The standard InChI is InChI=1S/C31H47F6N3O/c1-39(15-12-22-18-25(30(32,33)34)20-26(19-22)31(35,36)37)28(41)27(23-8-4-2-5-9-23)40-16-13-29(21-38,14-17-40)24-10-6-3-7-11-24/h22-27H,2-20H2,1H3. The van der Waals surface area contributed by atoms with Crippen molar-refractivity contribution in [3.05, 3.63) is 0 Å². The molecule has 234 valence electrons. The van der Waals surface area contributed by atoms with Crippen molar-refractivity contribution in [3.63, 3.8) is 0 Å². The zero-order chi connectivity index (χ0) is 29.8. The number of amides is 1. The van der Waals surface area contributed by atoms with E-state index in [0.29, 0.717) is 19.0 Å². The second kappa shape index (κ2) is 13.4. The highest BCUT2D eigenvalue weighted by Crippen LogP contribution is 2.49. The summed E-state index contributed by atoms with van der Waals surface area (Å²) < 4.78 is 80.8. The molecule has 4 rings (SSSR count). The molecule has 1 amide bonds. The summed E-state index contributed by atoms with van der Waals surface area (Å²) in [5.41, 5.74) is -0.339. The van der Waals surface area contributed by atoms with E-state index in [1.165, 1.54) is 19.3 Å². The lowest BCUT2D eigenvalue weighted by molar-refractivity contribution is -0.229. The van der Waals surface area contributed by atoms with Gasteiger partial charge in [0.2, 0.25) is 5.91 Å². The first-order valence-electron chi connectivity index (χ1n) is 15.9. The van der Waals surface area contributed by atoms with E-state index in [4.69, 9.17) is 0 Å². The van der Waals surface area contributed by atoms with Crippen molar-refractivity contribution in [1.29, 1.82) is 5.26 Å². The minimum atomic E-state index is -4.65. The third kappa shape index (κ3) is 7.92. The van der Waals surface area contributed by atoms with E-state index in [-0.39, 0.29) is 49.1 Å². The number of likely N-dealkylation sites (tertiary alicyclic amines) is 1. The minimum absolute atomic E-state index is 0.0745. The maximum atomic E-state index is 14.0. The molecule has 4 nitrogen and oxygen atoms in total. The Morgan fingerprint density at radius 3 is 1.88 bits per heavy atom. The molecule has 0 aromatic carbocycles. The average Bonchev–Trinajstić information content (AvgIpc) is 2.96. The number of alkyl halides is 6. The molecule has 0 aromatic heterocycles. The predicted molar refractivity (Wildman–Crippen MR) is 144 cm³/mol. The van der Waals surface area contributed by atoms with E-state index in [9.17, 15) is 36.4 Å². The largest absolute Gasteiger partial charge is 0.391 e. The van der Waals surface area contributed by atoms with Gasteiger partial charge in [0.1, 0.15) is 0 Å². The highest BCUT2D eigenvalue weighted by atomic mass is 19.4. The van der Waals surface area contributed by atoms with E-state index >= 15 is 0 Å². The predicted octanol–water partition coefficient (Wildman–Crippen LogP) is 8.13. The van der Waals surface area contributed by atoms with Gasteiger partial charge in [-0.2, -0.15) is 31.6 Å². The third-order valence-electron chi connectivity index (χ3n) is 11.0.